The van der Waals surface area contributed by atoms with Crippen molar-refractivity contribution in [2.45, 2.75) is 6.54 Å². The van der Waals surface area contributed by atoms with Gasteiger partial charge in [-0.2, -0.15) is 20.1 Å². The predicted molar refractivity (Wildman–Crippen MR) is 155 cm³/mol. The number of hydrogen-bond donors (Lipinski definition) is 1. The predicted octanol–water partition coefficient (Wildman–Crippen LogP) is 4.30. The first-order valence-corrected chi connectivity index (χ1v) is 13.6. The second kappa shape index (κ2) is 11.7. The molecule has 39 heavy (non-hydrogen) atoms. The summed E-state index contributed by atoms with van der Waals surface area (Å²) in [5, 5.41) is 6.84. The van der Waals surface area contributed by atoms with Crippen LogP contribution < -0.4 is 15.2 Å². The Bertz CT molecular complexity index is 1450. The molecule has 2 aliphatic heterocycles. The summed E-state index contributed by atoms with van der Waals surface area (Å²) in [6.45, 7) is 6.10. The molecular formula is C27H28Cl2N8O2. The van der Waals surface area contributed by atoms with E-state index >= 15 is 0 Å². The Labute approximate surface area is 236 Å². The number of anilines is 3. The van der Waals surface area contributed by atoms with E-state index in [9.17, 15) is 0 Å². The van der Waals surface area contributed by atoms with Gasteiger partial charge in [0.15, 0.2) is 0 Å². The summed E-state index contributed by atoms with van der Waals surface area (Å²) in [7, 11) is 0. The molecule has 2 aromatic heterocycles. The van der Waals surface area contributed by atoms with Crippen molar-refractivity contribution in [1.29, 1.82) is 0 Å². The molecule has 0 amide bonds. The molecule has 12 heteroatoms. The minimum atomic E-state index is 0.390. The number of aromatic nitrogens is 4. The van der Waals surface area contributed by atoms with E-state index in [0.29, 0.717) is 60.9 Å². The monoisotopic (exact) mass is 566 g/mol. The van der Waals surface area contributed by atoms with E-state index in [1.807, 2.05) is 24.3 Å². The van der Waals surface area contributed by atoms with Gasteiger partial charge in [0.25, 0.3) is 0 Å². The van der Waals surface area contributed by atoms with Crippen LogP contribution in [0.15, 0.2) is 53.8 Å². The molecule has 0 unspecified atom stereocenters. The average molecular weight is 567 g/mol. The topological polar surface area (TPSA) is 92.9 Å². The average Bonchev–Trinajstić information content (AvgIpc) is 3.32. The van der Waals surface area contributed by atoms with Crippen molar-refractivity contribution in [3.8, 4) is 0 Å². The Morgan fingerprint density at radius 1 is 0.872 bits per heavy atom. The highest BCUT2D eigenvalue weighted by molar-refractivity contribution is 6.35. The summed E-state index contributed by atoms with van der Waals surface area (Å²) < 4.78 is 13.2. The van der Waals surface area contributed by atoms with Crippen LogP contribution >= 0.6 is 23.2 Å². The second-order valence-corrected chi connectivity index (χ2v) is 10.1. The Morgan fingerprint density at radius 2 is 1.54 bits per heavy atom. The van der Waals surface area contributed by atoms with Crippen LogP contribution in [0.4, 0.5) is 17.8 Å². The van der Waals surface area contributed by atoms with Crippen LogP contribution in [0.3, 0.4) is 0 Å². The number of para-hydroxylation sites is 1. The van der Waals surface area contributed by atoms with Gasteiger partial charge in [-0.25, -0.2) is 5.43 Å². The second-order valence-electron chi connectivity index (χ2n) is 9.29. The van der Waals surface area contributed by atoms with Crippen molar-refractivity contribution in [1.82, 2.24) is 19.5 Å². The Hall–Kier alpha value is -3.44. The summed E-state index contributed by atoms with van der Waals surface area (Å²) >= 11 is 12.5. The first kappa shape index (κ1) is 25.8. The molecule has 4 aromatic rings. The van der Waals surface area contributed by atoms with E-state index in [0.717, 1.165) is 48.2 Å². The molecule has 6 rings (SSSR count). The highest BCUT2D eigenvalue weighted by Gasteiger charge is 2.20. The molecule has 0 atom stereocenters. The smallest absolute Gasteiger partial charge is 0.250 e. The van der Waals surface area contributed by atoms with Gasteiger partial charge in [-0.1, -0.05) is 47.5 Å². The van der Waals surface area contributed by atoms with Crippen molar-refractivity contribution in [2.75, 3.05) is 67.8 Å². The number of nitrogens with zero attached hydrogens (tertiary/aromatic N) is 7. The van der Waals surface area contributed by atoms with Crippen LogP contribution in [0.2, 0.25) is 10.0 Å². The summed E-state index contributed by atoms with van der Waals surface area (Å²) in [5.74, 6) is 1.62. The lowest BCUT2D eigenvalue weighted by molar-refractivity contribution is 0.121. The molecule has 2 saturated heterocycles. The van der Waals surface area contributed by atoms with Crippen LogP contribution in [0.5, 0.6) is 0 Å². The van der Waals surface area contributed by atoms with Gasteiger partial charge < -0.3 is 23.8 Å². The summed E-state index contributed by atoms with van der Waals surface area (Å²) in [6.07, 6.45) is 3.85. The van der Waals surface area contributed by atoms with Gasteiger partial charge in [-0.15, -0.1) is 0 Å². The van der Waals surface area contributed by atoms with Crippen molar-refractivity contribution in [3.63, 3.8) is 0 Å². The van der Waals surface area contributed by atoms with E-state index in [1.54, 1.807) is 12.3 Å². The molecule has 1 N–H and O–H groups in total. The number of fused-ring (bicyclic) bond motifs is 1. The number of halogens is 2. The van der Waals surface area contributed by atoms with Crippen LogP contribution in [0.1, 0.15) is 11.1 Å². The first-order valence-electron chi connectivity index (χ1n) is 12.9. The van der Waals surface area contributed by atoms with E-state index < -0.39 is 0 Å². The van der Waals surface area contributed by atoms with Gasteiger partial charge in [0.05, 0.1) is 32.6 Å². The van der Waals surface area contributed by atoms with E-state index in [4.69, 9.17) is 37.7 Å². The zero-order chi connectivity index (χ0) is 26.6. The molecule has 0 radical (unpaired) electrons. The molecule has 0 bridgehead atoms. The van der Waals surface area contributed by atoms with Gasteiger partial charge in [-0.05, 0) is 23.8 Å². The third kappa shape index (κ3) is 5.94. The van der Waals surface area contributed by atoms with Gasteiger partial charge in [0, 0.05) is 65.4 Å². The maximum atomic E-state index is 6.45. The number of ether oxygens (including phenoxy) is 2. The van der Waals surface area contributed by atoms with Crippen LogP contribution in [0.25, 0.3) is 10.9 Å². The van der Waals surface area contributed by atoms with Crippen LogP contribution in [-0.2, 0) is 16.0 Å². The van der Waals surface area contributed by atoms with E-state index in [2.05, 4.69) is 53.2 Å². The zero-order valence-electron chi connectivity index (χ0n) is 21.3. The minimum Gasteiger partial charge on any atom is -0.378 e. The van der Waals surface area contributed by atoms with Gasteiger partial charge in [-0.3, -0.25) is 0 Å². The van der Waals surface area contributed by atoms with Crippen LogP contribution in [-0.4, -0.2) is 78.3 Å². The number of morpholine rings is 2. The highest BCUT2D eigenvalue weighted by atomic mass is 35.5. The third-order valence-electron chi connectivity index (χ3n) is 6.74. The highest BCUT2D eigenvalue weighted by Crippen LogP contribution is 2.26. The fourth-order valence-electron chi connectivity index (χ4n) is 4.72. The Morgan fingerprint density at radius 3 is 2.21 bits per heavy atom. The molecule has 202 valence electrons. The normalized spacial score (nSPS) is 16.4. The molecule has 4 heterocycles. The molecule has 2 fully saturated rings. The molecule has 0 spiro atoms. The van der Waals surface area contributed by atoms with Gasteiger partial charge in [0.1, 0.15) is 0 Å². The SMILES string of the molecule is Clc1ccc(Cn2cc(/C=N\Nc3nc(N4CCOCC4)nc(N4CCOCC4)n3)c3ccccc32)c(Cl)c1. The number of rotatable bonds is 7. The van der Waals surface area contributed by atoms with Crippen molar-refractivity contribution in [2.24, 2.45) is 5.10 Å². The fourth-order valence-corrected chi connectivity index (χ4v) is 5.18. The van der Waals surface area contributed by atoms with Gasteiger partial charge in [0.2, 0.25) is 17.8 Å². The maximum Gasteiger partial charge on any atom is 0.250 e. The van der Waals surface area contributed by atoms with Crippen LogP contribution in [0, 0.1) is 0 Å². The summed E-state index contributed by atoms with van der Waals surface area (Å²) in [6, 6.07) is 13.8. The standard InChI is InChI=1S/C27H28Cl2N8O2/c28-21-6-5-19(23(29)15-21)17-37-18-20(22-3-1-2-4-24(22)37)16-30-34-25-31-26(35-7-11-38-12-8-35)33-27(32-25)36-9-13-39-14-10-36/h1-6,15-16,18H,7-14,17H2,(H,31,32,33,34)/b30-16-. The number of nitrogens with one attached hydrogen (secondary N) is 1. The molecule has 10 nitrogen and oxygen atoms in total. The lowest BCUT2D eigenvalue weighted by atomic mass is 10.2. The largest absolute Gasteiger partial charge is 0.378 e. The minimum absolute atomic E-state index is 0.390. The third-order valence-corrected chi connectivity index (χ3v) is 7.33. The Balaban J connectivity index is 1.26. The van der Waals surface area contributed by atoms with Gasteiger partial charge >= 0.3 is 0 Å². The molecule has 2 aromatic carbocycles. The molecular weight excluding hydrogens is 539 g/mol. The molecule has 0 saturated carbocycles. The van der Waals surface area contributed by atoms with Crippen molar-refractivity contribution < 1.29 is 9.47 Å². The molecule has 0 aliphatic carbocycles. The maximum absolute atomic E-state index is 6.45. The fraction of sp³-hybridized carbons (Fsp3) is 0.333. The zero-order valence-corrected chi connectivity index (χ0v) is 22.8. The lowest BCUT2D eigenvalue weighted by Gasteiger charge is -2.30. The summed E-state index contributed by atoms with van der Waals surface area (Å²) in [5.41, 5.74) is 6.06. The Kier molecular flexibility index (Phi) is 7.78. The summed E-state index contributed by atoms with van der Waals surface area (Å²) in [4.78, 5) is 18.3. The number of hydrogen-bond acceptors (Lipinski definition) is 9. The number of benzene rings is 2. The lowest BCUT2D eigenvalue weighted by Crippen LogP contribution is -2.40. The quantitative estimate of drug-likeness (QED) is 0.261. The van der Waals surface area contributed by atoms with Crippen molar-refractivity contribution >= 4 is 58.2 Å². The molecule has 2 aliphatic rings. The van der Waals surface area contributed by atoms with E-state index in [-0.39, 0.29) is 0 Å². The first-order chi connectivity index (χ1) is 19.1. The van der Waals surface area contributed by atoms with E-state index in [1.165, 1.54) is 0 Å². The number of hydrazone groups is 1. The van der Waals surface area contributed by atoms with Crippen molar-refractivity contribution in [3.05, 3.63) is 69.8 Å².